The molecule has 2 heterocycles. The first-order valence-electron chi connectivity index (χ1n) is 8.03. The van der Waals surface area contributed by atoms with E-state index in [1.807, 2.05) is 0 Å². The Morgan fingerprint density at radius 3 is 2.74 bits per heavy atom. The molecule has 2 nitrogen and oxygen atoms in total. The minimum atomic E-state index is 0.899. The Kier molecular flexibility index (Phi) is 2.57. The van der Waals surface area contributed by atoms with Crippen LogP contribution in [0.4, 0.5) is 11.4 Å². The van der Waals surface area contributed by atoms with Crippen molar-refractivity contribution < 1.29 is 0 Å². The summed E-state index contributed by atoms with van der Waals surface area (Å²) >= 11 is 0. The molecular weight excluding hydrogens is 280 g/mol. The van der Waals surface area contributed by atoms with Crippen LogP contribution in [0.3, 0.4) is 0 Å². The van der Waals surface area contributed by atoms with Crippen molar-refractivity contribution in [2.45, 2.75) is 19.8 Å². The number of hydrogen-bond donors (Lipinski definition) is 0. The fourth-order valence-electron chi connectivity index (χ4n) is 3.73. The van der Waals surface area contributed by atoms with Gasteiger partial charge in [0.25, 0.3) is 0 Å². The van der Waals surface area contributed by atoms with E-state index in [-0.39, 0.29) is 0 Å². The van der Waals surface area contributed by atoms with Gasteiger partial charge in [-0.3, -0.25) is 9.98 Å². The lowest BCUT2D eigenvalue weighted by molar-refractivity contribution is 1.26. The van der Waals surface area contributed by atoms with Gasteiger partial charge < -0.3 is 0 Å². The molecule has 0 spiro atoms. The Bertz CT molecular complexity index is 1030. The summed E-state index contributed by atoms with van der Waals surface area (Å²) in [6.45, 7) is 2.09. The molecule has 0 unspecified atom stereocenters. The van der Waals surface area contributed by atoms with Gasteiger partial charge in [-0.05, 0) is 35.6 Å². The first-order chi connectivity index (χ1) is 11.3. The van der Waals surface area contributed by atoms with Crippen molar-refractivity contribution in [3.63, 3.8) is 0 Å². The van der Waals surface area contributed by atoms with Gasteiger partial charge in [-0.2, -0.15) is 0 Å². The average Bonchev–Trinajstić information content (AvgIpc) is 3.09. The second-order valence-electron chi connectivity index (χ2n) is 6.38. The van der Waals surface area contributed by atoms with E-state index in [0.29, 0.717) is 0 Å². The maximum absolute atomic E-state index is 4.79. The van der Waals surface area contributed by atoms with Gasteiger partial charge >= 0.3 is 0 Å². The molecule has 2 heteroatoms. The molecule has 2 aliphatic rings. The third kappa shape index (κ3) is 1.95. The normalized spacial score (nSPS) is 14.8. The molecule has 0 aliphatic carbocycles. The van der Waals surface area contributed by atoms with Gasteiger partial charge in [0, 0.05) is 35.2 Å². The zero-order valence-electron chi connectivity index (χ0n) is 13.0. The highest BCUT2D eigenvalue weighted by molar-refractivity contribution is 6.19. The van der Waals surface area contributed by atoms with Crippen LogP contribution in [0.2, 0.25) is 0 Å². The van der Waals surface area contributed by atoms with Gasteiger partial charge in [0.1, 0.15) is 0 Å². The summed E-state index contributed by atoms with van der Waals surface area (Å²) in [6.07, 6.45) is 1.86. The number of benzene rings is 3. The summed E-state index contributed by atoms with van der Waals surface area (Å²) in [6, 6.07) is 19.4. The molecule has 5 rings (SSSR count). The summed E-state index contributed by atoms with van der Waals surface area (Å²) in [4.78, 5) is 9.54. The van der Waals surface area contributed by atoms with Crippen molar-refractivity contribution >= 4 is 33.6 Å². The number of rotatable bonds is 2. The minimum Gasteiger partial charge on any atom is -0.257 e. The van der Waals surface area contributed by atoms with E-state index in [2.05, 4.69) is 61.5 Å². The summed E-state index contributed by atoms with van der Waals surface area (Å²) in [5.41, 5.74) is 8.51. The van der Waals surface area contributed by atoms with Crippen LogP contribution in [0, 0.1) is 0 Å². The van der Waals surface area contributed by atoms with E-state index in [1.165, 1.54) is 33.2 Å². The summed E-state index contributed by atoms with van der Waals surface area (Å²) in [7, 11) is 0. The van der Waals surface area contributed by atoms with Gasteiger partial charge in [0.15, 0.2) is 0 Å². The van der Waals surface area contributed by atoms with Crippen LogP contribution in [0.1, 0.15) is 23.6 Å². The fourth-order valence-corrected chi connectivity index (χ4v) is 3.73. The third-order valence-electron chi connectivity index (χ3n) is 4.77. The SMILES string of the molecule is CC1=Nc2cc(CC3=Nc4ccccc4C3)cc3cccc1c23. The number of hydrogen-bond acceptors (Lipinski definition) is 2. The lowest BCUT2D eigenvalue weighted by Crippen LogP contribution is -2.02. The monoisotopic (exact) mass is 296 g/mol. The van der Waals surface area contributed by atoms with E-state index in [4.69, 9.17) is 9.98 Å². The Morgan fingerprint density at radius 2 is 1.83 bits per heavy atom. The summed E-state index contributed by atoms with van der Waals surface area (Å²) < 4.78 is 0. The number of para-hydroxylation sites is 1. The molecule has 2 aliphatic heterocycles. The zero-order chi connectivity index (χ0) is 15.4. The Labute approximate surface area is 135 Å². The van der Waals surface area contributed by atoms with Gasteiger partial charge in [-0.1, -0.05) is 42.5 Å². The maximum atomic E-state index is 4.79. The molecule has 0 N–H and O–H groups in total. The van der Waals surface area contributed by atoms with E-state index in [9.17, 15) is 0 Å². The van der Waals surface area contributed by atoms with Crippen molar-refractivity contribution in [3.05, 3.63) is 71.3 Å². The van der Waals surface area contributed by atoms with Gasteiger partial charge in [-0.25, -0.2) is 0 Å². The van der Waals surface area contributed by atoms with Crippen LogP contribution in [0.5, 0.6) is 0 Å². The minimum absolute atomic E-state index is 0.899. The molecule has 0 radical (unpaired) electrons. The molecular formula is C21H16N2. The lowest BCUT2D eigenvalue weighted by atomic mass is 9.97. The van der Waals surface area contributed by atoms with Gasteiger partial charge in [0.2, 0.25) is 0 Å². The van der Waals surface area contributed by atoms with Crippen molar-refractivity contribution in [1.82, 2.24) is 0 Å². The van der Waals surface area contributed by atoms with Gasteiger partial charge in [0.05, 0.1) is 11.4 Å². The molecule has 110 valence electrons. The van der Waals surface area contributed by atoms with Crippen molar-refractivity contribution in [3.8, 4) is 0 Å². The van der Waals surface area contributed by atoms with Crippen molar-refractivity contribution in [1.29, 1.82) is 0 Å². The predicted octanol–water partition coefficient (Wildman–Crippen LogP) is 5.17. The quantitative estimate of drug-likeness (QED) is 0.623. The van der Waals surface area contributed by atoms with Crippen LogP contribution in [-0.4, -0.2) is 11.4 Å². The third-order valence-corrected chi connectivity index (χ3v) is 4.77. The molecule has 3 aromatic carbocycles. The van der Waals surface area contributed by atoms with Crippen molar-refractivity contribution in [2.24, 2.45) is 9.98 Å². The van der Waals surface area contributed by atoms with Crippen molar-refractivity contribution in [2.75, 3.05) is 0 Å². The molecule has 0 aromatic heterocycles. The Morgan fingerprint density at radius 1 is 0.913 bits per heavy atom. The zero-order valence-corrected chi connectivity index (χ0v) is 13.0. The predicted molar refractivity (Wildman–Crippen MR) is 96.8 cm³/mol. The number of aliphatic imine (C=N–C) groups is 2. The Hall–Kier alpha value is -2.74. The van der Waals surface area contributed by atoms with Crippen LogP contribution in [0.25, 0.3) is 10.8 Å². The first-order valence-corrected chi connectivity index (χ1v) is 8.03. The standard InChI is InChI=1S/C21H16N2/c1-13-18-7-4-6-16-9-14(11-20(22-13)21(16)18)10-17-12-15-5-2-3-8-19(15)23-17/h2-9,11H,10,12H2,1H3. The molecule has 0 atom stereocenters. The average molecular weight is 296 g/mol. The molecule has 0 amide bonds. The second-order valence-corrected chi connectivity index (χ2v) is 6.38. The number of fused-ring (bicyclic) bond motifs is 1. The molecule has 0 saturated carbocycles. The molecule has 0 fully saturated rings. The second kappa shape index (κ2) is 4.63. The van der Waals surface area contributed by atoms with E-state index in [1.54, 1.807) is 0 Å². The lowest BCUT2D eigenvalue weighted by Gasteiger charge is -2.06. The summed E-state index contributed by atoms with van der Waals surface area (Å²) in [5.74, 6) is 0. The van der Waals surface area contributed by atoms with Crippen LogP contribution < -0.4 is 0 Å². The highest BCUT2D eigenvalue weighted by Crippen LogP contribution is 2.37. The smallest absolute Gasteiger partial charge is 0.0721 e. The van der Waals surface area contributed by atoms with Gasteiger partial charge in [-0.15, -0.1) is 0 Å². The van der Waals surface area contributed by atoms with E-state index < -0.39 is 0 Å². The summed E-state index contributed by atoms with van der Waals surface area (Å²) in [5, 5.41) is 2.58. The molecule has 0 bridgehead atoms. The highest BCUT2D eigenvalue weighted by Gasteiger charge is 2.18. The molecule has 0 saturated heterocycles. The number of nitrogens with zero attached hydrogens (tertiary/aromatic N) is 2. The van der Waals surface area contributed by atoms with Crippen LogP contribution >= 0.6 is 0 Å². The van der Waals surface area contributed by atoms with E-state index >= 15 is 0 Å². The maximum Gasteiger partial charge on any atom is 0.0721 e. The van der Waals surface area contributed by atoms with Crippen LogP contribution in [-0.2, 0) is 12.8 Å². The fraction of sp³-hybridized carbons (Fsp3) is 0.143. The topological polar surface area (TPSA) is 24.7 Å². The largest absolute Gasteiger partial charge is 0.257 e. The first kappa shape index (κ1) is 12.8. The Balaban J connectivity index is 1.55. The van der Waals surface area contributed by atoms with E-state index in [0.717, 1.165) is 29.9 Å². The molecule has 3 aromatic rings. The van der Waals surface area contributed by atoms with Crippen LogP contribution in [0.15, 0.2) is 64.6 Å². The highest BCUT2D eigenvalue weighted by atomic mass is 14.8. The molecule has 23 heavy (non-hydrogen) atoms.